The third-order valence-corrected chi connectivity index (χ3v) is 7.31. The molecular formula is C10H14I2. The van der Waals surface area contributed by atoms with Crippen LogP contribution in [0.3, 0.4) is 0 Å². The van der Waals surface area contributed by atoms with E-state index < -0.39 is 0 Å². The highest BCUT2D eigenvalue weighted by molar-refractivity contribution is 14.1. The Morgan fingerprint density at radius 2 is 1.92 bits per heavy atom. The van der Waals surface area contributed by atoms with E-state index in [0.29, 0.717) is 8.84 Å². The fourth-order valence-electron chi connectivity index (χ4n) is 2.39. The summed E-state index contributed by atoms with van der Waals surface area (Å²) in [6.07, 6.45) is 2.78. The fraction of sp³-hybridized carbons (Fsp3) is 0.800. The third kappa shape index (κ3) is 1.20. The van der Waals surface area contributed by atoms with Crippen LogP contribution < -0.4 is 0 Å². The van der Waals surface area contributed by atoms with Gasteiger partial charge in [-0.05, 0) is 59.3 Å². The van der Waals surface area contributed by atoms with Gasteiger partial charge in [-0.2, -0.15) is 0 Å². The van der Waals surface area contributed by atoms with Gasteiger partial charge in [0, 0.05) is 7.00 Å². The number of halogens is 2. The minimum absolute atomic E-state index is 0.442. The molecule has 0 saturated heterocycles. The van der Waals surface area contributed by atoms with Crippen molar-refractivity contribution in [2.75, 3.05) is 0 Å². The average molecular weight is 388 g/mol. The summed E-state index contributed by atoms with van der Waals surface area (Å²) in [4.78, 5) is 0. The van der Waals surface area contributed by atoms with Crippen molar-refractivity contribution < 1.29 is 0 Å². The van der Waals surface area contributed by atoms with Gasteiger partial charge in [-0.15, -0.1) is 0 Å². The molecule has 2 aliphatic carbocycles. The molecule has 0 N–H and O–H groups in total. The van der Waals surface area contributed by atoms with Crippen LogP contribution >= 0.6 is 45.2 Å². The quantitative estimate of drug-likeness (QED) is 0.429. The Bertz CT molecular complexity index is 261. The van der Waals surface area contributed by atoms with Gasteiger partial charge < -0.3 is 0 Å². The Morgan fingerprint density at radius 3 is 2.42 bits per heavy atom. The molecule has 0 aromatic rings. The topological polar surface area (TPSA) is 0 Å². The summed E-state index contributed by atoms with van der Waals surface area (Å²) >= 11 is 5.17. The summed E-state index contributed by atoms with van der Waals surface area (Å²) in [5.41, 5.74) is 2.30. The third-order valence-electron chi connectivity index (χ3n) is 3.43. The molecule has 2 heteroatoms. The molecule has 0 amide bonds. The van der Waals surface area contributed by atoms with Gasteiger partial charge in [-0.25, -0.2) is 0 Å². The zero-order valence-corrected chi connectivity index (χ0v) is 12.1. The van der Waals surface area contributed by atoms with Crippen LogP contribution in [-0.2, 0) is 0 Å². The largest absolute Gasteiger partial charge is 0.0735 e. The van der Waals surface area contributed by atoms with Gasteiger partial charge in [-0.1, -0.05) is 36.4 Å². The van der Waals surface area contributed by atoms with Crippen LogP contribution in [0.4, 0.5) is 0 Å². The number of rotatable bonds is 0. The molecule has 0 aromatic heterocycles. The van der Waals surface area contributed by atoms with Crippen LogP contribution in [0.1, 0.15) is 33.6 Å². The van der Waals surface area contributed by atoms with Crippen molar-refractivity contribution in [3.8, 4) is 0 Å². The molecule has 1 saturated carbocycles. The summed E-state index contributed by atoms with van der Waals surface area (Å²) in [6.45, 7) is 7.15. The summed E-state index contributed by atoms with van der Waals surface area (Å²) < 4.78 is 2.08. The van der Waals surface area contributed by atoms with Crippen LogP contribution in [0.2, 0.25) is 0 Å². The standard InChI is InChI=1S/C10H14I2/c1-9(2)6-4-5-10(3,12)8(11)7(6)9/h6H,4-5H2,1-3H3. The summed E-state index contributed by atoms with van der Waals surface area (Å²) in [6, 6.07) is 0. The number of allylic oxidation sites excluding steroid dienone is 2. The van der Waals surface area contributed by atoms with E-state index in [2.05, 4.69) is 66.0 Å². The van der Waals surface area contributed by atoms with Gasteiger partial charge in [-0.3, -0.25) is 0 Å². The monoisotopic (exact) mass is 388 g/mol. The van der Waals surface area contributed by atoms with E-state index >= 15 is 0 Å². The molecular weight excluding hydrogens is 374 g/mol. The maximum atomic E-state index is 2.61. The van der Waals surface area contributed by atoms with E-state index in [1.165, 1.54) is 12.8 Å². The van der Waals surface area contributed by atoms with E-state index in [1.54, 1.807) is 9.15 Å². The Balaban J connectivity index is 2.42. The van der Waals surface area contributed by atoms with Crippen molar-refractivity contribution in [1.82, 2.24) is 0 Å². The van der Waals surface area contributed by atoms with Crippen molar-refractivity contribution >= 4 is 45.2 Å². The molecule has 0 bridgehead atoms. The maximum absolute atomic E-state index is 2.61. The second-order valence-electron chi connectivity index (χ2n) is 4.74. The average Bonchev–Trinajstić information content (AvgIpc) is 2.46. The predicted molar refractivity (Wildman–Crippen MR) is 70.0 cm³/mol. The molecule has 12 heavy (non-hydrogen) atoms. The molecule has 1 fully saturated rings. The lowest BCUT2D eigenvalue weighted by molar-refractivity contribution is 0.508. The highest BCUT2D eigenvalue weighted by atomic mass is 127. The zero-order valence-electron chi connectivity index (χ0n) is 7.75. The van der Waals surface area contributed by atoms with Gasteiger partial charge in [0.05, 0.1) is 0 Å². The van der Waals surface area contributed by atoms with Crippen LogP contribution in [0.15, 0.2) is 9.15 Å². The first-order valence-corrected chi connectivity index (χ1v) is 6.62. The molecule has 2 unspecified atom stereocenters. The Kier molecular flexibility index (Phi) is 2.12. The number of fused-ring (bicyclic) bond motifs is 1. The normalized spacial score (nSPS) is 44.2. The first-order chi connectivity index (χ1) is 5.37. The highest BCUT2D eigenvalue weighted by Gasteiger charge is 2.57. The first kappa shape index (κ1) is 9.74. The number of hydrogen-bond acceptors (Lipinski definition) is 0. The smallest absolute Gasteiger partial charge is 0.0499 e. The van der Waals surface area contributed by atoms with Crippen molar-refractivity contribution in [2.24, 2.45) is 11.3 Å². The molecule has 0 nitrogen and oxygen atoms in total. The van der Waals surface area contributed by atoms with E-state index in [4.69, 9.17) is 0 Å². The second-order valence-corrected chi connectivity index (χ2v) is 8.20. The van der Waals surface area contributed by atoms with Crippen molar-refractivity contribution in [3.63, 3.8) is 0 Å². The zero-order chi connectivity index (χ0) is 9.15. The summed E-state index contributed by atoms with van der Waals surface area (Å²) in [5, 5.41) is 0. The van der Waals surface area contributed by atoms with Gasteiger partial charge in [0.1, 0.15) is 0 Å². The minimum Gasteiger partial charge on any atom is -0.0735 e. The fourth-order valence-corrected chi connectivity index (χ4v) is 4.33. The van der Waals surface area contributed by atoms with Gasteiger partial charge in [0.25, 0.3) is 0 Å². The number of hydrogen-bond donors (Lipinski definition) is 0. The van der Waals surface area contributed by atoms with Gasteiger partial charge >= 0.3 is 0 Å². The van der Waals surface area contributed by atoms with E-state index in [-0.39, 0.29) is 0 Å². The first-order valence-electron chi connectivity index (χ1n) is 4.47. The Hall–Kier alpha value is 1.20. The lowest BCUT2D eigenvalue weighted by Gasteiger charge is -2.25. The van der Waals surface area contributed by atoms with Crippen LogP contribution in [0.25, 0.3) is 0 Å². The van der Waals surface area contributed by atoms with Gasteiger partial charge in [0.2, 0.25) is 0 Å². The molecule has 2 rings (SSSR count). The van der Waals surface area contributed by atoms with E-state index in [1.807, 2.05) is 0 Å². The van der Waals surface area contributed by atoms with Crippen LogP contribution in [-0.4, -0.2) is 3.42 Å². The minimum atomic E-state index is 0.442. The molecule has 0 radical (unpaired) electrons. The Labute approximate surface area is 102 Å². The van der Waals surface area contributed by atoms with Crippen molar-refractivity contribution in [3.05, 3.63) is 9.15 Å². The van der Waals surface area contributed by atoms with Crippen molar-refractivity contribution in [1.29, 1.82) is 0 Å². The second kappa shape index (κ2) is 2.61. The lowest BCUT2D eigenvalue weighted by Crippen LogP contribution is -2.18. The molecule has 0 heterocycles. The molecule has 0 spiro atoms. The number of alkyl halides is 1. The van der Waals surface area contributed by atoms with Crippen molar-refractivity contribution in [2.45, 2.75) is 37.0 Å². The predicted octanol–water partition coefficient (Wildman–Crippen LogP) is 4.32. The molecule has 0 aromatic carbocycles. The highest BCUT2D eigenvalue weighted by Crippen LogP contribution is 2.67. The maximum Gasteiger partial charge on any atom is 0.0499 e. The van der Waals surface area contributed by atoms with E-state index in [0.717, 1.165) is 5.92 Å². The molecule has 2 atom stereocenters. The van der Waals surface area contributed by atoms with E-state index in [9.17, 15) is 0 Å². The SMILES string of the molecule is CC1(I)CCC2C(=C1I)C2(C)C. The summed E-state index contributed by atoms with van der Waals surface area (Å²) in [7, 11) is 0. The Morgan fingerprint density at radius 1 is 1.33 bits per heavy atom. The van der Waals surface area contributed by atoms with Crippen LogP contribution in [0, 0.1) is 11.3 Å². The van der Waals surface area contributed by atoms with Crippen LogP contribution in [0.5, 0.6) is 0 Å². The molecule has 0 aliphatic heterocycles. The summed E-state index contributed by atoms with van der Waals surface area (Å²) in [5.74, 6) is 0.923. The van der Waals surface area contributed by atoms with Gasteiger partial charge in [0.15, 0.2) is 0 Å². The lowest BCUT2D eigenvalue weighted by atomic mass is 9.97. The molecule has 2 aliphatic rings. The molecule has 68 valence electrons.